The van der Waals surface area contributed by atoms with Crippen LogP contribution in [0.1, 0.15) is 40.5 Å². The summed E-state index contributed by atoms with van der Waals surface area (Å²) in [6.45, 7) is 6.66. The van der Waals surface area contributed by atoms with E-state index in [4.69, 9.17) is 10.8 Å². The van der Waals surface area contributed by atoms with E-state index in [9.17, 15) is 19.5 Å². The molecule has 0 aliphatic heterocycles. The smallest absolute Gasteiger partial charge is 0.326 e. The second kappa shape index (κ2) is 10.2. The number of hydrogen-bond donors (Lipinski definition) is 5. The summed E-state index contributed by atoms with van der Waals surface area (Å²) in [6, 6.07) is -3.06. The molecule has 0 saturated heterocycles. The first-order chi connectivity index (χ1) is 10.7. The lowest BCUT2D eigenvalue weighted by Crippen LogP contribution is -2.58. The maximum absolute atomic E-state index is 12.4. The van der Waals surface area contributed by atoms with Crippen LogP contribution in [-0.4, -0.2) is 52.7 Å². The van der Waals surface area contributed by atoms with Gasteiger partial charge in [-0.1, -0.05) is 40.5 Å². The van der Waals surface area contributed by atoms with Gasteiger partial charge in [-0.15, -0.1) is 0 Å². The summed E-state index contributed by atoms with van der Waals surface area (Å²) in [4.78, 5) is 35.6. The van der Waals surface area contributed by atoms with E-state index in [2.05, 4.69) is 10.6 Å². The lowest BCUT2D eigenvalue weighted by molar-refractivity contribution is -0.144. The maximum atomic E-state index is 12.4. The molecule has 0 aromatic carbocycles. The van der Waals surface area contributed by atoms with E-state index in [1.54, 1.807) is 13.8 Å². The molecule has 2 amide bonds. The lowest BCUT2D eigenvalue weighted by Gasteiger charge is -2.28. The summed E-state index contributed by atoms with van der Waals surface area (Å²) in [7, 11) is 0. The van der Waals surface area contributed by atoms with E-state index >= 15 is 0 Å². The quantitative estimate of drug-likeness (QED) is 0.364. The normalized spacial score (nSPS) is 17.5. The fourth-order valence-corrected chi connectivity index (χ4v) is 1.97. The fourth-order valence-electron chi connectivity index (χ4n) is 1.97. The Labute approximate surface area is 136 Å². The SMILES string of the molecule is CC[C@H](C)[C@H](NC(=O)[C@@H](NC(=O)[C@@H](N)CO)[C@@H](C)CC)C(=O)O. The standard InChI is InChI=1S/C15H29N3O5/c1-5-8(3)11(17-13(20)10(16)7-19)14(21)18-12(15(22)23)9(4)6-2/h8-12,19H,5-7,16H2,1-4H3,(H,17,20)(H,18,21)(H,22,23)/t8-,9-,10-,11-,12-/m0/s1. The third kappa shape index (κ3) is 6.54. The van der Waals surface area contributed by atoms with E-state index in [1.807, 2.05) is 13.8 Å². The molecule has 0 spiro atoms. The maximum Gasteiger partial charge on any atom is 0.326 e. The molecular formula is C15H29N3O5. The molecule has 0 rings (SSSR count). The van der Waals surface area contributed by atoms with E-state index in [0.717, 1.165) is 0 Å². The molecule has 8 heteroatoms. The zero-order valence-electron chi connectivity index (χ0n) is 14.2. The Morgan fingerprint density at radius 3 is 1.78 bits per heavy atom. The van der Waals surface area contributed by atoms with Gasteiger partial charge in [-0.3, -0.25) is 9.59 Å². The van der Waals surface area contributed by atoms with E-state index < -0.39 is 42.5 Å². The Morgan fingerprint density at radius 1 is 0.957 bits per heavy atom. The number of rotatable bonds is 10. The molecule has 0 aromatic rings. The molecular weight excluding hydrogens is 302 g/mol. The summed E-state index contributed by atoms with van der Waals surface area (Å²) in [5.41, 5.74) is 5.44. The van der Waals surface area contributed by atoms with Crippen LogP contribution in [0, 0.1) is 11.8 Å². The Hall–Kier alpha value is -1.67. The van der Waals surface area contributed by atoms with Gasteiger partial charge in [0.2, 0.25) is 11.8 Å². The average molecular weight is 331 g/mol. The van der Waals surface area contributed by atoms with E-state index in [-0.39, 0.29) is 11.8 Å². The minimum Gasteiger partial charge on any atom is -0.480 e. The molecule has 23 heavy (non-hydrogen) atoms. The number of carbonyl (C=O) groups excluding carboxylic acids is 2. The molecule has 5 atom stereocenters. The molecule has 134 valence electrons. The molecule has 8 nitrogen and oxygen atoms in total. The first-order valence-electron chi connectivity index (χ1n) is 7.89. The number of hydrogen-bond acceptors (Lipinski definition) is 5. The molecule has 0 unspecified atom stereocenters. The third-order valence-electron chi connectivity index (χ3n) is 4.10. The van der Waals surface area contributed by atoms with Gasteiger partial charge in [-0.2, -0.15) is 0 Å². The molecule has 6 N–H and O–H groups in total. The number of aliphatic carboxylic acids is 1. The minimum absolute atomic E-state index is 0.212. The molecule has 0 heterocycles. The molecule has 0 bridgehead atoms. The summed E-state index contributed by atoms with van der Waals surface area (Å²) in [5, 5.41) is 23.1. The van der Waals surface area contributed by atoms with E-state index in [1.165, 1.54) is 0 Å². The summed E-state index contributed by atoms with van der Waals surface area (Å²) in [5.74, 6) is -2.79. The molecule has 0 fully saturated rings. The van der Waals surface area contributed by atoms with Gasteiger partial charge in [0.1, 0.15) is 18.1 Å². The monoisotopic (exact) mass is 331 g/mol. The van der Waals surface area contributed by atoms with Crippen LogP contribution in [0.4, 0.5) is 0 Å². The van der Waals surface area contributed by atoms with Gasteiger partial charge < -0.3 is 26.6 Å². The number of carbonyl (C=O) groups is 3. The van der Waals surface area contributed by atoms with Crippen LogP contribution in [-0.2, 0) is 14.4 Å². The van der Waals surface area contributed by atoms with Gasteiger partial charge in [0.25, 0.3) is 0 Å². The van der Waals surface area contributed by atoms with Gasteiger partial charge in [0.15, 0.2) is 0 Å². The predicted octanol–water partition coefficient (Wildman–Crippen LogP) is -0.548. The second-order valence-corrected chi connectivity index (χ2v) is 5.87. The number of nitrogens with one attached hydrogen (secondary N) is 2. The molecule has 0 saturated carbocycles. The van der Waals surface area contributed by atoms with Crippen LogP contribution >= 0.6 is 0 Å². The van der Waals surface area contributed by atoms with Gasteiger partial charge in [-0.05, 0) is 11.8 Å². The number of aliphatic hydroxyl groups excluding tert-OH is 1. The van der Waals surface area contributed by atoms with Crippen molar-refractivity contribution in [1.82, 2.24) is 10.6 Å². The van der Waals surface area contributed by atoms with Crippen molar-refractivity contribution in [3.63, 3.8) is 0 Å². The highest BCUT2D eigenvalue weighted by molar-refractivity contribution is 5.92. The van der Waals surface area contributed by atoms with Crippen molar-refractivity contribution < 1.29 is 24.6 Å². The average Bonchev–Trinajstić information content (AvgIpc) is 2.54. The van der Waals surface area contributed by atoms with Crippen LogP contribution in [0.25, 0.3) is 0 Å². The number of amides is 2. The van der Waals surface area contributed by atoms with Gasteiger partial charge in [0, 0.05) is 0 Å². The highest BCUT2D eigenvalue weighted by Gasteiger charge is 2.32. The molecule has 0 aliphatic carbocycles. The fraction of sp³-hybridized carbons (Fsp3) is 0.800. The number of aliphatic hydroxyl groups is 1. The zero-order valence-corrected chi connectivity index (χ0v) is 14.2. The highest BCUT2D eigenvalue weighted by Crippen LogP contribution is 2.12. The number of carboxylic acids is 1. The topological polar surface area (TPSA) is 142 Å². The van der Waals surface area contributed by atoms with Crippen molar-refractivity contribution in [3.05, 3.63) is 0 Å². The zero-order chi connectivity index (χ0) is 18.2. The Kier molecular flexibility index (Phi) is 9.43. The van der Waals surface area contributed by atoms with Crippen LogP contribution in [0.5, 0.6) is 0 Å². The summed E-state index contributed by atoms with van der Waals surface area (Å²) < 4.78 is 0. The van der Waals surface area contributed by atoms with Crippen molar-refractivity contribution >= 4 is 17.8 Å². The predicted molar refractivity (Wildman–Crippen MR) is 85.5 cm³/mol. The van der Waals surface area contributed by atoms with Crippen molar-refractivity contribution in [1.29, 1.82) is 0 Å². The van der Waals surface area contributed by atoms with Crippen molar-refractivity contribution in [2.75, 3.05) is 6.61 Å². The Balaban J connectivity index is 5.13. The Bertz CT molecular complexity index is 416. The molecule has 0 radical (unpaired) electrons. The van der Waals surface area contributed by atoms with Crippen LogP contribution < -0.4 is 16.4 Å². The first-order valence-corrected chi connectivity index (χ1v) is 7.89. The second-order valence-electron chi connectivity index (χ2n) is 5.87. The molecule has 0 aromatic heterocycles. The highest BCUT2D eigenvalue weighted by atomic mass is 16.4. The summed E-state index contributed by atoms with van der Waals surface area (Å²) in [6.07, 6.45) is 1.20. The van der Waals surface area contributed by atoms with Crippen molar-refractivity contribution in [3.8, 4) is 0 Å². The van der Waals surface area contributed by atoms with Crippen molar-refractivity contribution in [2.24, 2.45) is 17.6 Å². The first kappa shape index (κ1) is 21.3. The molecule has 0 aliphatic rings. The van der Waals surface area contributed by atoms with Gasteiger partial charge in [0.05, 0.1) is 6.61 Å². The summed E-state index contributed by atoms with van der Waals surface area (Å²) >= 11 is 0. The van der Waals surface area contributed by atoms with Crippen LogP contribution in [0.15, 0.2) is 0 Å². The van der Waals surface area contributed by atoms with E-state index in [0.29, 0.717) is 12.8 Å². The lowest BCUT2D eigenvalue weighted by atomic mass is 9.95. The van der Waals surface area contributed by atoms with Crippen molar-refractivity contribution in [2.45, 2.75) is 58.7 Å². The van der Waals surface area contributed by atoms with Gasteiger partial charge >= 0.3 is 5.97 Å². The van der Waals surface area contributed by atoms with Crippen LogP contribution in [0.2, 0.25) is 0 Å². The minimum atomic E-state index is -1.13. The van der Waals surface area contributed by atoms with Gasteiger partial charge in [-0.25, -0.2) is 4.79 Å². The third-order valence-corrected chi connectivity index (χ3v) is 4.10. The number of nitrogens with two attached hydrogens (primary N) is 1. The largest absolute Gasteiger partial charge is 0.480 e. The Morgan fingerprint density at radius 2 is 1.39 bits per heavy atom. The van der Waals surface area contributed by atoms with Crippen LogP contribution in [0.3, 0.4) is 0 Å². The number of carboxylic acid groups (broad SMARTS) is 1.